The van der Waals surface area contributed by atoms with Crippen LogP contribution in [0.2, 0.25) is 0 Å². The van der Waals surface area contributed by atoms with Crippen molar-refractivity contribution in [2.45, 2.75) is 134 Å². The molecular formula is C34H60N4O9. The molecule has 13 atom stereocenters. The van der Waals surface area contributed by atoms with E-state index in [-0.39, 0.29) is 29.9 Å². The molecule has 4 fully saturated rings. The molecule has 47 heavy (non-hydrogen) atoms. The molecule has 0 bridgehead atoms. The molecule has 0 aromatic heterocycles. The van der Waals surface area contributed by atoms with Crippen LogP contribution in [0.15, 0.2) is 0 Å². The molecular weight excluding hydrogens is 608 g/mol. The average Bonchev–Trinajstić information content (AvgIpc) is 3.79. The van der Waals surface area contributed by atoms with Gasteiger partial charge in [0.25, 0.3) is 0 Å². The van der Waals surface area contributed by atoms with Crippen molar-refractivity contribution in [2.24, 2.45) is 23.7 Å². The molecule has 13 heteroatoms. The smallest absolute Gasteiger partial charge is 0.408 e. The van der Waals surface area contributed by atoms with Crippen LogP contribution in [0.1, 0.15) is 74.1 Å². The Morgan fingerprint density at radius 3 is 2.36 bits per heavy atom. The number of esters is 1. The van der Waals surface area contributed by atoms with Gasteiger partial charge in [0.1, 0.15) is 18.1 Å². The summed E-state index contributed by atoms with van der Waals surface area (Å²) in [6.07, 6.45) is -0.930. The van der Waals surface area contributed by atoms with Gasteiger partial charge in [-0.05, 0) is 99.3 Å². The fourth-order valence-corrected chi connectivity index (χ4v) is 7.54. The topological polar surface area (TPSA) is 157 Å². The van der Waals surface area contributed by atoms with E-state index in [1.165, 1.54) is 19.8 Å². The Bertz CT molecular complexity index is 1110. The van der Waals surface area contributed by atoms with Gasteiger partial charge in [-0.1, -0.05) is 13.8 Å². The van der Waals surface area contributed by atoms with Crippen molar-refractivity contribution in [3.63, 3.8) is 0 Å². The number of methoxy groups -OCH3 is 1. The number of ether oxygens (including phenoxy) is 5. The Hall–Kier alpha value is -1.87. The number of hydrogen-bond donors (Lipinski definition) is 4. The summed E-state index contributed by atoms with van der Waals surface area (Å²) in [5, 5.41) is 21.4. The van der Waals surface area contributed by atoms with E-state index in [0.717, 1.165) is 6.54 Å². The third-order valence-electron chi connectivity index (χ3n) is 11.0. The Kier molecular flexibility index (Phi) is 12.4. The molecule has 4 N–H and O–H groups in total. The van der Waals surface area contributed by atoms with Crippen LogP contribution in [0.5, 0.6) is 0 Å². The van der Waals surface area contributed by atoms with Gasteiger partial charge in [-0.25, -0.2) is 4.79 Å². The van der Waals surface area contributed by atoms with E-state index >= 15 is 0 Å². The highest BCUT2D eigenvalue weighted by atomic mass is 16.7. The summed E-state index contributed by atoms with van der Waals surface area (Å²) < 4.78 is 30.8. The van der Waals surface area contributed by atoms with Gasteiger partial charge in [-0.2, -0.15) is 0 Å². The number of likely N-dealkylation sites (N-methyl/N-ethyl adjacent to an activating group) is 1. The van der Waals surface area contributed by atoms with Crippen molar-refractivity contribution in [2.75, 3.05) is 40.8 Å². The molecule has 3 aliphatic heterocycles. The van der Waals surface area contributed by atoms with E-state index in [4.69, 9.17) is 23.7 Å². The first-order valence-corrected chi connectivity index (χ1v) is 17.4. The molecule has 13 nitrogen and oxygen atoms in total. The number of aliphatic hydroxyl groups is 1. The number of carbonyl (C=O) groups is 3. The predicted octanol–water partition coefficient (Wildman–Crippen LogP) is 1.84. The molecule has 270 valence electrons. The lowest BCUT2D eigenvalue weighted by molar-refractivity contribution is -0.297. The highest BCUT2D eigenvalue weighted by Crippen LogP contribution is 2.37. The Morgan fingerprint density at radius 2 is 1.74 bits per heavy atom. The van der Waals surface area contributed by atoms with Gasteiger partial charge in [0.05, 0.1) is 23.9 Å². The number of cyclic esters (lactones) is 1. The number of Topliss-reactive ketones (excluding diaryl/α,β-unsaturated/α-hetero) is 1. The van der Waals surface area contributed by atoms with Gasteiger partial charge >= 0.3 is 12.1 Å². The number of amides is 1. The van der Waals surface area contributed by atoms with Gasteiger partial charge in [-0.15, -0.1) is 0 Å². The van der Waals surface area contributed by atoms with E-state index in [9.17, 15) is 19.5 Å². The summed E-state index contributed by atoms with van der Waals surface area (Å²) in [6.45, 7) is 14.7. The summed E-state index contributed by atoms with van der Waals surface area (Å²) in [5.41, 5.74) is -2.17. The SMILES string of the molecule is CO[C@]1(C)C[C@@H](C)CN[C@H](C)[C@H]2NC(=O)O[C@]2(C)[C@@H](C)OC(=O)C(C)C(=O)[C@H](C)[C@H]1OC1OC(CNCC2CC2)CC(N(C)C)C1O. The van der Waals surface area contributed by atoms with E-state index in [1.54, 1.807) is 27.9 Å². The molecule has 3 saturated heterocycles. The fraction of sp³-hybridized carbons (Fsp3) is 0.912. The molecule has 1 aliphatic carbocycles. The second kappa shape index (κ2) is 15.3. The molecule has 0 radical (unpaired) electrons. The maximum Gasteiger partial charge on any atom is 0.408 e. The molecule has 4 aliphatic rings. The molecule has 3 heterocycles. The van der Waals surface area contributed by atoms with Crippen LogP contribution >= 0.6 is 0 Å². The van der Waals surface area contributed by atoms with Gasteiger partial charge in [0.15, 0.2) is 17.7 Å². The quantitative estimate of drug-likeness (QED) is 0.220. The van der Waals surface area contributed by atoms with E-state index in [1.807, 2.05) is 32.8 Å². The molecule has 4 rings (SSSR count). The number of carbonyl (C=O) groups excluding carboxylic acids is 3. The van der Waals surface area contributed by atoms with Crippen molar-refractivity contribution < 1.29 is 43.2 Å². The lowest BCUT2D eigenvalue weighted by atomic mass is 9.78. The van der Waals surface area contributed by atoms with Crippen molar-refractivity contribution in [1.82, 2.24) is 20.9 Å². The molecule has 0 aromatic carbocycles. The largest absolute Gasteiger partial charge is 0.458 e. The zero-order valence-electron chi connectivity index (χ0n) is 30.0. The fourth-order valence-electron chi connectivity index (χ4n) is 7.54. The first kappa shape index (κ1) is 37.9. The number of aliphatic hydroxyl groups excluding tert-OH is 1. The number of hydrogen-bond acceptors (Lipinski definition) is 12. The van der Waals surface area contributed by atoms with Crippen LogP contribution in [0.3, 0.4) is 0 Å². The highest BCUT2D eigenvalue weighted by molar-refractivity contribution is 6.00. The normalized spacial score (nSPS) is 44.2. The Morgan fingerprint density at radius 1 is 1.06 bits per heavy atom. The van der Waals surface area contributed by atoms with E-state index < -0.39 is 65.7 Å². The second-order valence-corrected chi connectivity index (χ2v) is 15.3. The number of rotatable bonds is 8. The molecule has 5 unspecified atom stereocenters. The van der Waals surface area contributed by atoms with E-state index in [0.29, 0.717) is 31.8 Å². The number of nitrogens with one attached hydrogen (secondary N) is 3. The van der Waals surface area contributed by atoms with Gasteiger partial charge < -0.3 is 49.6 Å². The Balaban J connectivity index is 1.64. The summed E-state index contributed by atoms with van der Waals surface area (Å²) in [6, 6.07) is -0.962. The molecule has 1 amide bonds. The van der Waals surface area contributed by atoms with E-state index in [2.05, 4.69) is 22.9 Å². The average molecular weight is 669 g/mol. The lowest BCUT2D eigenvalue weighted by Crippen LogP contribution is -2.60. The highest BCUT2D eigenvalue weighted by Gasteiger charge is 2.54. The van der Waals surface area contributed by atoms with Crippen molar-refractivity contribution in [1.29, 1.82) is 0 Å². The number of alkyl carbamates (subject to hydrolysis) is 1. The van der Waals surface area contributed by atoms with Crippen LogP contribution in [0.25, 0.3) is 0 Å². The first-order chi connectivity index (χ1) is 22.0. The minimum atomic E-state index is -1.16. The van der Waals surface area contributed by atoms with Gasteiger partial charge in [-0.3, -0.25) is 9.59 Å². The first-order valence-electron chi connectivity index (χ1n) is 17.4. The van der Waals surface area contributed by atoms with Crippen LogP contribution in [-0.4, -0.2) is 129 Å². The molecule has 0 spiro atoms. The van der Waals surface area contributed by atoms with Crippen LogP contribution in [-0.2, 0) is 33.3 Å². The van der Waals surface area contributed by atoms with Crippen molar-refractivity contribution >= 4 is 17.8 Å². The second-order valence-electron chi connectivity index (χ2n) is 15.3. The van der Waals surface area contributed by atoms with Gasteiger partial charge in [0.2, 0.25) is 0 Å². The van der Waals surface area contributed by atoms with Crippen LogP contribution in [0.4, 0.5) is 4.79 Å². The molecule has 1 saturated carbocycles. The van der Waals surface area contributed by atoms with Gasteiger partial charge in [0, 0.05) is 31.7 Å². The number of nitrogens with zero attached hydrogens (tertiary/aromatic N) is 1. The zero-order valence-corrected chi connectivity index (χ0v) is 30.0. The maximum atomic E-state index is 14.1. The summed E-state index contributed by atoms with van der Waals surface area (Å²) >= 11 is 0. The van der Waals surface area contributed by atoms with Crippen molar-refractivity contribution in [3.8, 4) is 0 Å². The minimum Gasteiger partial charge on any atom is -0.458 e. The summed E-state index contributed by atoms with van der Waals surface area (Å²) in [7, 11) is 5.44. The lowest BCUT2D eigenvalue weighted by Gasteiger charge is -2.47. The predicted molar refractivity (Wildman–Crippen MR) is 175 cm³/mol. The minimum absolute atomic E-state index is 0.0315. The third kappa shape index (κ3) is 8.66. The Labute approximate surface area is 280 Å². The van der Waals surface area contributed by atoms with Crippen LogP contribution < -0.4 is 16.0 Å². The molecule has 0 aromatic rings. The summed E-state index contributed by atoms with van der Waals surface area (Å²) in [5.74, 6) is -2.33. The van der Waals surface area contributed by atoms with Crippen molar-refractivity contribution in [3.05, 3.63) is 0 Å². The zero-order chi connectivity index (χ0) is 34.8. The maximum absolute atomic E-state index is 14.1. The standard InChI is InChI=1S/C34H60N4O9/c1-18-14-33(6,43-10)29(46-31-27(40)25(38(8)9)13-24(45-31)17-35-16-23-11-12-23)19(2)26(39)20(3)30(41)44-22(5)34(7)28(21(4)36-15-18)37-32(42)47-34/h18-25,27-29,31,35-36,40H,11-17H2,1-10H3,(H,37,42)/t18-,19+,20?,21-,22-,24?,25?,27?,28-,29-,31?,33-,34-/m1/s1. The van der Waals surface area contributed by atoms with Crippen LogP contribution in [0, 0.1) is 23.7 Å². The number of fused-ring (bicyclic) bond motifs is 1. The monoisotopic (exact) mass is 668 g/mol. The summed E-state index contributed by atoms with van der Waals surface area (Å²) in [4.78, 5) is 42.0. The third-order valence-corrected chi connectivity index (χ3v) is 11.0. The number of ketones is 1.